The van der Waals surface area contributed by atoms with E-state index in [-0.39, 0.29) is 17.9 Å². The molecule has 1 saturated heterocycles. The summed E-state index contributed by atoms with van der Waals surface area (Å²) in [6, 6.07) is 3.66. The Hall–Kier alpha value is -1.36. The van der Waals surface area contributed by atoms with Crippen molar-refractivity contribution in [1.82, 2.24) is 10.2 Å². The van der Waals surface area contributed by atoms with E-state index in [2.05, 4.69) is 5.32 Å². The first-order valence-corrected chi connectivity index (χ1v) is 7.19. The summed E-state index contributed by atoms with van der Waals surface area (Å²) in [5.74, 6) is 0.0339. The van der Waals surface area contributed by atoms with Crippen LogP contribution in [0.15, 0.2) is 17.5 Å². The molecule has 5 heteroatoms. The SMILES string of the molecule is CCCC1NC(=O)CCN(Cc2cccs2)C1=O. The Bertz CT molecular complexity index is 417. The Morgan fingerprint density at radius 1 is 1.50 bits per heavy atom. The molecule has 1 fully saturated rings. The molecule has 98 valence electrons. The lowest BCUT2D eigenvalue weighted by Gasteiger charge is -2.23. The van der Waals surface area contributed by atoms with E-state index in [0.717, 1.165) is 11.3 Å². The molecule has 0 spiro atoms. The van der Waals surface area contributed by atoms with Crippen molar-refractivity contribution in [3.05, 3.63) is 22.4 Å². The zero-order chi connectivity index (χ0) is 13.0. The number of rotatable bonds is 4. The van der Waals surface area contributed by atoms with Crippen molar-refractivity contribution >= 4 is 23.2 Å². The lowest BCUT2D eigenvalue weighted by Crippen LogP contribution is -2.44. The van der Waals surface area contributed by atoms with Crippen LogP contribution in [0, 0.1) is 0 Å². The highest BCUT2D eigenvalue weighted by Gasteiger charge is 2.29. The summed E-state index contributed by atoms with van der Waals surface area (Å²) in [5.41, 5.74) is 0. The van der Waals surface area contributed by atoms with Crippen molar-refractivity contribution < 1.29 is 9.59 Å². The summed E-state index contributed by atoms with van der Waals surface area (Å²) in [5, 5.41) is 4.82. The largest absolute Gasteiger partial charge is 0.344 e. The molecule has 1 N–H and O–H groups in total. The van der Waals surface area contributed by atoms with Gasteiger partial charge in [0.15, 0.2) is 0 Å². The molecular weight excluding hydrogens is 248 g/mol. The van der Waals surface area contributed by atoms with Gasteiger partial charge in [0.05, 0.1) is 6.54 Å². The number of hydrogen-bond donors (Lipinski definition) is 1. The Balaban J connectivity index is 2.08. The Kier molecular flexibility index (Phi) is 4.36. The van der Waals surface area contributed by atoms with E-state index in [1.54, 1.807) is 16.2 Å². The molecule has 1 aliphatic heterocycles. The first-order valence-electron chi connectivity index (χ1n) is 6.31. The fourth-order valence-electron chi connectivity index (χ4n) is 2.13. The summed E-state index contributed by atoms with van der Waals surface area (Å²) in [7, 11) is 0. The van der Waals surface area contributed by atoms with Crippen LogP contribution in [-0.4, -0.2) is 29.3 Å². The third-order valence-electron chi connectivity index (χ3n) is 3.06. The fourth-order valence-corrected chi connectivity index (χ4v) is 2.85. The number of hydrogen-bond acceptors (Lipinski definition) is 3. The summed E-state index contributed by atoms with van der Waals surface area (Å²) in [4.78, 5) is 26.9. The minimum Gasteiger partial charge on any atom is -0.344 e. The number of nitrogens with one attached hydrogen (secondary N) is 1. The van der Waals surface area contributed by atoms with E-state index < -0.39 is 0 Å². The van der Waals surface area contributed by atoms with Crippen LogP contribution in [0.1, 0.15) is 31.1 Å². The van der Waals surface area contributed by atoms with Crippen molar-refractivity contribution in [2.75, 3.05) is 6.54 Å². The highest BCUT2D eigenvalue weighted by atomic mass is 32.1. The summed E-state index contributed by atoms with van der Waals surface area (Å²) >= 11 is 1.64. The van der Waals surface area contributed by atoms with Crippen molar-refractivity contribution in [1.29, 1.82) is 0 Å². The first-order chi connectivity index (χ1) is 8.70. The smallest absolute Gasteiger partial charge is 0.245 e. The van der Waals surface area contributed by atoms with Gasteiger partial charge >= 0.3 is 0 Å². The molecule has 0 radical (unpaired) electrons. The maximum Gasteiger partial charge on any atom is 0.245 e. The lowest BCUT2D eigenvalue weighted by molar-refractivity contribution is -0.134. The second-order valence-electron chi connectivity index (χ2n) is 4.50. The zero-order valence-electron chi connectivity index (χ0n) is 10.5. The lowest BCUT2D eigenvalue weighted by atomic mass is 10.1. The highest BCUT2D eigenvalue weighted by Crippen LogP contribution is 2.15. The summed E-state index contributed by atoms with van der Waals surface area (Å²) < 4.78 is 0. The van der Waals surface area contributed by atoms with Gasteiger partial charge in [-0.15, -0.1) is 11.3 Å². The van der Waals surface area contributed by atoms with E-state index in [1.807, 2.05) is 24.4 Å². The minimum atomic E-state index is -0.343. The van der Waals surface area contributed by atoms with Gasteiger partial charge in [0.25, 0.3) is 0 Å². The van der Waals surface area contributed by atoms with Gasteiger partial charge < -0.3 is 10.2 Å². The molecule has 1 aromatic rings. The maximum atomic E-state index is 12.3. The van der Waals surface area contributed by atoms with E-state index in [9.17, 15) is 9.59 Å². The van der Waals surface area contributed by atoms with Crippen LogP contribution in [0.4, 0.5) is 0 Å². The third kappa shape index (κ3) is 3.10. The molecule has 4 nitrogen and oxygen atoms in total. The zero-order valence-corrected chi connectivity index (χ0v) is 11.3. The molecule has 2 heterocycles. The third-order valence-corrected chi connectivity index (χ3v) is 3.92. The number of amides is 2. The van der Waals surface area contributed by atoms with Gasteiger partial charge in [-0.05, 0) is 17.9 Å². The van der Waals surface area contributed by atoms with Crippen LogP contribution in [0.5, 0.6) is 0 Å². The molecule has 0 aliphatic carbocycles. The van der Waals surface area contributed by atoms with E-state index in [0.29, 0.717) is 25.9 Å². The molecule has 1 aliphatic rings. The molecule has 0 saturated carbocycles. The normalized spacial score (nSPS) is 20.7. The Morgan fingerprint density at radius 2 is 2.33 bits per heavy atom. The standard InChI is InChI=1S/C13H18N2O2S/c1-2-4-11-13(17)15(7-6-12(16)14-11)9-10-5-3-8-18-10/h3,5,8,11H,2,4,6-7,9H2,1H3,(H,14,16). The van der Waals surface area contributed by atoms with Gasteiger partial charge in [0, 0.05) is 17.8 Å². The van der Waals surface area contributed by atoms with Gasteiger partial charge in [-0.25, -0.2) is 0 Å². The molecule has 2 amide bonds. The quantitative estimate of drug-likeness (QED) is 0.903. The van der Waals surface area contributed by atoms with Crippen molar-refractivity contribution in [3.63, 3.8) is 0 Å². The molecule has 1 aromatic heterocycles. The molecule has 1 unspecified atom stereocenters. The number of nitrogens with zero attached hydrogens (tertiary/aromatic N) is 1. The average molecular weight is 266 g/mol. The minimum absolute atomic E-state index is 0.0181. The molecule has 0 bridgehead atoms. The molecular formula is C13H18N2O2S. The maximum absolute atomic E-state index is 12.3. The molecule has 2 rings (SSSR count). The van der Waals surface area contributed by atoms with Gasteiger partial charge in [-0.1, -0.05) is 19.4 Å². The predicted octanol–water partition coefficient (Wildman–Crippen LogP) is 1.77. The van der Waals surface area contributed by atoms with Gasteiger partial charge in [0.2, 0.25) is 11.8 Å². The van der Waals surface area contributed by atoms with Gasteiger partial charge in [-0.3, -0.25) is 9.59 Å². The topological polar surface area (TPSA) is 49.4 Å². The number of carbonyl (C=O) groups is 2. The van der Waals surface area contributed by atoms with Crippen LogP contribution >= 0.6 is 11.3 Å². The van der Waals surface area contributed by atoms with Crippen LogP contribution in [-0.2, 0) is 16.1 Å². The second kappa shape index (κ2) is 6.00. The number of carbonyl (C=O) groups excluding carboxylic acids is 2. The van der Waals surface area contributed by atoms with Gasteiger partial charge in [0.1, 0.15) is 6.04 Å². The average Bonchev–Trinajstić information content (AvgIpc) is 2.81. The van der Waals surface area contributed by atoms with Crippen LogP contribution < -0.4 is 5.32 Å². The molecule has 1 atom stereocenters. The molecule has 18 heavy (non-hydrogen) atoms. The monoisotopic (exact) mass is 266 g/mol. The van der Waals surface area contributed by atoms with Crippen LogP contribution in [0.3, 0.4) is 0 Å². The van der Waals surface area contributed by atoms with Crippen molar-refractivity contribution in [3.8, 4) is 0 Å². The molecule has 0 aromatic carbocycles. The van der Waals surface area contributed by atoms with E-state index >= 15 is 0 Å². The Morgan fingerprint density at radius 3 is 3.00 bits per heavy atom. The summed E-state index contributed by atoms with van der Waals surface area (Å²) in [6.07, 6.45) is 2.01. The fraction of sp³-hybridized carbons (Fsp3) is 0.538. The number of thiophene rings is 1. The van der Waals surface area contributed by atoms with E-state index in [4.69, 9.17) is 0 Å². The summed E-state index contributed by atoms with van der Waals surface area (Å²) in [6.45, 7) is 3.16. The van der Waals surface area contributed by atoms with Crippen LogP contribution in [0.25, 0.3) is 0 Å². The predicted molar refractivity (Wildman–Crippen MR) is 71.2 cm³/mol. The highest BCUT2D eigenvalue weighted by molar-refractivity contribution is 7.09. The second-order valence-corrected chi connectivity index (χ2v) is 5.53. The Labute approximate surface area is 111 Å². The van der Waals surface area contributed by atoms with Crippen LogP contribution in [0.2, 0.25) is 0 Å². The van der Waals surface area contributed by atoms with Crippen molar-refractivity contribution in [2.45, 2.75) is 38.8 Å². The van der Waals surface area contributed by atoms with E-state index in [1.165, 1.54) is 0 Å². The van der Waals surface area contributed by atoms with Crippen molar-refractivity contribution in [2.24, 2.45) is 0 Å². The first kappa shape index (κ1) is 13.1. The van der Waals surface area contributed by atoms with Gasteiger partial charge in [-0.2, -0.15) is 0 Å².